The first-order valence-electron chi connectivity index (χ1n) is 14.2. The molecule has 2 bridgehead atoms. The highest BCUT2D eigenvalue weighted by molar-refractivity contribution is 8.76. The van der Waals surface area contributed by atoms with E-state index in [0.29, 0.717) is 6.42 Å². The number of carbonyl (C=O) groups excluding carboxylic acids is 5. The van der Waals surface area contributed by atoms with Crippen molar-refractivity contribution in [2.24, 2.45) is 11.8 Å². The molecule has 2 aliphatic rings. The SMILES string of the molecule is CC(C)[C@H]1CC(=O)CC2/C=C/CCSSC[C@@H](NC1=O)C(=O)N[C@H](Cc1cccc3ccccc13)C(=O)NCC(=O)O2. The molecule has 11 heteroatoms. The van der Waals surface area contributed by atoms with Crippen molar-refractivity contribution in [3.63, 3.8) is 0 Å². The van der Waals surface area contributed by atoms with Gasteiger partial charge in [0, 0.05) is 36.7 Å². The molecule has 0 aliphatic carbocycles. The molecular formula is C31H37N3O6S2. The molecule has 0 spiro atoms. The van der Waals surface area contributed by atoms with Crippen LogP contribution in [0.15, 0.2) is 54.6 Å². The van der Waals surface area contributed by atoms with Crippen LogP contribution in [0.2, 0.25) is 0 Å². The number of hydrogen-bond donors (Lipinski definition) is 3. The molecule has 1 saturated heterocycles. The number of allylic oxidation sites excluding steroid dienone is 1. The number of Topliss-reactive ketones (excluding diaryl/α,β-unsaturated/α-hetero) is 1. The number of carbonyl (C=O) groups is 5. The Balaban J connectivity index is 1.70. The van der Waals surface area contributed by atoms with E-state index in [1.807, 2.05) is 62.4 Å². The first kappa shape index (κ1) is 31.6. The average molecular weight is 612 g/mol. The zero-order chi connectivity index (χ0) is 30.1. The number of ether oxygens (including phenoxy) is 1. The van der Waals surface area contributed by atoms with E-state index in [1.54, 1.807) is 16.9 Å². The maximum absolute atomic E-state index is 13.7. The van der Waals surface area contributed by atoms with Crippen LogP contribution < -0.4 is 16.0 Å². The summed E-state index contributed by atoms with van der Waals surface area (Å²) in [5.41, 5.74) is 0.852. The highest BCUT2D eigenvalue weighted by Gasteiger charge is 2.33. The number of hydrogen-bond acceptors (Lipinski definition) is 8. The molecule has 42 heavy (non-hydrogen) atoms. The predicted octanol–water partition coefficient (Wildman–Crippen LogP) is 3.36. The van der Waals surface area contributed by atoms with Crippen LogP contribution in [0.1, 0.15) is 38.7 Å². The van der Waals surface area contributed by atoms with E-state index < -0.39 is 54.3 Å². The van der Waals surface area contributed by atoms with Gasteiger partial charge in [0.1, 0.15) is 30.5 Å². The minimum Gasteiger partial charge on any atom is -0.456 e. The van der Waals surface area contributed by atoms with Gasteiger partial charge in [0.15, 0.2) is 0 Å². The van der Waals surface area contributed by atoms with Gasteiger partial charge in [-0.05, 0) is 34.8 Å². The van der Waals surface area contributed by atoms with Crippen molar-refractivity contribution in [1.29, 1.82) is 0 Å². The molecule has 1 unspecified atom stereocenters. The second-order valence-electron chi connectivity index (χ2n) is 10.8. The number of nitrogens with one attached hydrogen (secondary N) is 3. The topological polar surface area (TPSA) is 131 Å². The second-order valence-corrected chi connectivity index (χ2v) is 13.5. The molecule has 1 fully saturated rings. The van der Waals surface area contributed by atoms with E-state index in [0.717, 1.165) is 22.1 Å². The summed E-state index contributed by atoms with van der Waals surface area (Å²) in [6, 6.07) is 11.6. The molecule has 4 rings (SSSR count). The molecule has 224 valence electrons. The van der Waals surface area contributed by atoms with E-state index >= 15 is 0 Å². The van der Waals surface area contributed by atoms with Crippen LogP contribution in [0.5, 0.6) is 0 Å². The maximum Gasteiger partial charge on any atom is 0.326 e. The van der Waals surface area contributed by atoms with Crippen molar-refractivity contribution in [2.75, 3.05) is 18.1 Å². The summed E-state index contributed by atoms with van der Waals surface area (Å²) in [6.45, 7) is 3.29. The van der Waals surface area contributed by atoms with Gasteiger partial charge in [-0.2, -0.15) is 0 Å². The van der Waals surface area contributed by atoms with Crippen molar-refractivity contribution in [3.05, 3.63) is 60.2 Å². The first-order valence-corrected chi connectivity index (χ1v) is 16.7. The van der Waals surface area contributed by atoms with Gasteiger partial charge in [-0.1, -0.05) is 84.0 Å². The van der Waals surface area contributed by atoms with Crippen LogP contribution in [0.4, 0.5) is 0 Å². The summed E-state index contributed by atoms with van der Waals surface area (Å²) in [7, 11) is 3.01. The fourth-order valence-corrected chi connectivity index (χ4v) is 7.16. The molecule has 2 heterocycles. The smallest absolute Gasteiger partial charge is 0.326 e. The summed E-state index contributed by atoms with van der Waals surface area (Å²) in [5.74, 6) is -2.23. The highest BCUT2D eigenvalue weighted by atomic mass is 33.1. The fraction of sp³-hybridized carbons (Fsp3) is 0.452. The van der Waals surface area contributed by atoms with Crippen molar-refractivity contribution >= 4 is 61.8 Å². The highest BCUT2D eigenvalue weighted by Crippen LogP contribution is 2.25. The van der Waals surface area contributed by atoms with Gasteiger partial charge in [0.2, 0.25) is 17.7 Å². The zero-order valence-corrected chi connectivity index (χ0v) is 25.4. The Bertz CT molecular complexity index is 1340. The molecule has 2 aromatic carbocycles. The summed E-state index contributed by atoms with van der Waals surface area (Å²) in [5, 5.41) is 10.3. The molecule has 3 N–H and O–H groups in total. The third-order valence-corrected chi connectivity index (χ3v) is 9.76. The lowest BCUT2D eigenvalue weighted by Crippen LogP contribution is -2.56. The molecule has 0 radical (unpaired) electrons. The maximum atomic E-state index is 13.7. The van der Waals surface area contributed by atoms with Crippen LogP contribution in [0.25, 0.3) is 10.8 Å². The van der Waals surface area contributed by atoms with Crippen molar-refractivity contribution in [2.45, 2.75) is 57.7 Å². The van der Waals surface area contributed by atoms with Crippen molar-refractivity contribution in [1.82, 2.24) is 16.0 Å². The van der Waals surface area contributed by atoms with Gasteiger partial charge < -0.3 is 20.7 Å². The van der Waals surface area contributed by atoms with E-state index in [2.05, 4.69) is 16.0 Å². The first-order chi connectivity index (χ1) is 20.2. The van der Waals surface area contributed by atoms with Gasteiger partial charge in [-0.25, -0.2) is 0 Å². The Morgan fingerprint density at radius 1 is 0.905 bits per heavy atom. The molecule has 3 amide bonds. The van der Waals surface area contributed by atoms with Gasteiger partial charge in [0.05, 0.1) is 0 Å². The standard InChI is InChI=1S/C31H37N3O6S2/c1-19(2)25-16-22(35)15-23-11-5-6-13-41-42-18-27(34-29(25)37)31(39)33-26(30(38)32-17-28(36)40-23)14-21-10-7-9-20-8-3-4-12-24(20)21/h3-5,7-12,19,23,25-27H,6,13-18H2,1-2H3,(H,32,38)(H,33,39)(H,34,37)/b11-5+/t23?,25-,26-,27-/m1/s1. The fourth-order valence-electron chi connectivity index (χ4n) is 5.00. The Morgan fingerprint density at radius 2 is 1.69 bits per heavy atom. The van der Waals surface area contributed by atoms with Crippen LogP contribution in [0.3, 0.4) is 0 Å². The third kappa shape index (κ3) is 8.84. The predicted molar refractivity (Wildman–Crippen MR) is 166 cm³/mol. The number of amides is 3. The molecular weight excluding hydrogens is 574 g/mol. The van der Waals surface area contributed by atoms with Crippen molar-refractivity contribution in [3.8, 4) is 0 Å². The minimum absolute atomic E-state index is 0.0396. The van der Waals surface area contributed by atoms with E-state index in [9.17, 15) is 24.0 Å². The van der Waals surface area contributed by atoms with E-state index in [1.165, 1.54) is 10.8 Å². The minimum atomic E-state index is -1.02. The Hall–Kier alpha value is -3.31. The molecule has 4 atom stereocenters. The Labute approximate surface area is 253 Å². The van der Waals surface area contributed by atoms with E-state index in [4.69, 9.17) is 4.74 Å². The van der Waals surface area contributed by atoms with Gasteiger partial charge in [0.25, 0.3) is 0 Å². The Kier molecular flexibility index (Phi) is 11.5. The zero-order valence-electron chi connectivity index (χ0n) is 23.8. The van der Waals surface area contributed by atoms with Crippen LogP contribution in [0, 0.1) is 11.8 Å². The second kappa shape index (κ2) is 15.2. The number of fused-ring (bicyclic) bond motifs is 8. The largest absolute Gasteiger partial charge is 0.456 e. The summed E-state index contributed by atoms with van der Waals surface area (Å²) < 4.78 is 5.58. The molecule has 0 aromatic heterocycles. The van der Waals surface area contributed by atoms with Crippen LogP contribution >= 0.6 is 21.6 Å². The molecule has 2 aliphatic heterocycles. The van der Waals surface area contributed by atoms with Crippen LogP contribution in [-0.2, 0) is 35.1 Å². The van der Waals surface area contributed by atoms with Crippen molar-refractivity contribution < 1.29 is 28.7 Å². The number of rotatable bonds is 3. The molecule has 0 saturated carbocycles. The van der Waals surface area contributed by atoms with Gasteiger partial charge in [-0.15, -0.1) is 0 Å². The number of ketones is 1. The van der Waals surface area contributed by atoms with Gasteiger partial charge >= 0.3 is 5.97 Å². The van der Waals surface area contributed by atoms with Gasteiger partial charge in [-0.3, -0.25) is 24.0 Å². The lowest BCUT2D eigenvalue weighted by molar-refractivity contribution is -0.148. The summed E-state index contributed by atoms with van der Waals surface area (Å²) in [6.07, 6.45) is 3.47. The number of benzene rings is 2. The Morgan fingerprint density at radius 3 is 2.50 bits per heavy atom. The third-order valence-electron chi connectivity index (χ3n) is 7.31. The van der Waals surface area contributed by atoms with E-state index in [-0.39, 0.29) is 36.7 Å². The molecule has 2 aromatic rings. The summed E-state index contributed by atoms with van der Waals surface area (Å²) >= 11 is 0. The lowest BCUT2D eigenvalue weighted by Gasteiger charge is -2.26. The summed E-state index contributed by atoms with van der Waals surface area (Å²) in [4.78, 5) is 66.4. The quantitative estimate of drug-likeness (QED) is 0.274. The monoisotopic (exact) mass is 611 g/mol. The lowest BCUT2D eigenvalue weighted by atomic mass is 9.88. The normalized spacial score (nSPS) is 26.1. The molecule has 9 nitrogen and oxygen atoms in total. The number of esters is 1. The average Bonchev–Trinajstić information content (AvgIpc) is 2.96. The van der Waals surface area contributed by atoms with Crippen LogP contribution in [-0.4, -0.2) is 65.7 Å².